The molecule has 0 aliphatic carbocycles. The SMILES string of the molecule is COC(=O)CCSc1nc2ccccc2nc1N. The number of rotatable bonds is 4. The van der Waals surface area contributed by atoms with E-state index < -0.39 is 0 Å². The molecule has 0 spiro atoms. The number of thioether (sulfide) groups is 1. The quantitative estimate of drug-likeness (QED) is 0.670. The lowest BCUT2D eigenvalue weighted by atomic mass is 10.3. The number of carbonyl (C=O) groups excluding carboxylic acids is 1. The first-order valence-corrected chi connectivity index (χ1v) is 6.41. The predicted molar refractivity (Wildman–Crippen MR) is 71.3 cm³/mol. The van der Waals surface area contributed by atoms with E-state index in [0.717, 1.165) is 11.0 Å². The van der Waals surface area contributed by atoms with Crippen molar-refractivity contribution in [3.8, 4) is 0 Å². The van der Waals surface area contributed by atoms with Gasteiger partial charge in [0.05, 0.1) is 24.6 Å². The van der Waals surface area contributed by atoms with Crippen molar-refractivity contribution >= 4 is 34.6 Å². The summed E-state index contributed by atoms with van der Waals surface area (Å²) in [4.78, 5) is 19.7. The molecule has 1 aromatic heterocycles. The Morgan fingerprint density at radius 2 is 2.00 bits per heavy atom. The summed E-state index contributed by atoms with van der Waals surface area (Å²) in [5.41, 5.74) is 7.39. The molecule has 0 saturated heterocycles. The maximum Gasteiger partial charge on any atom is 0.306 e. The molecule has 18 heavy (non-hydrogen) atoms. The van der Waals surface area contributed by atoms with Crippen molar-refractivity contribution < 1.29 is 9.53 Å². The van der Waals surface area contributed by atoms with Crippen LogP contribution in [0.4, 0.5) is 5.82 Å². The Bertz CT molecular complexity index is 574. The third-order valence-corrected chi connectivity index (χ3v) is 3.32. The van der Waals surface area contributed by atoms with Crippen molar-refractivity contribution in [2.24, 2.45) is 0 Å². The second-order valence-corrected chi connectivity index (χ2v) is 4.66. The number of para-hydroxylation sites is 2. The summed E-state index contributed by atoms with van der Waals surface area (Å²) in [7, 11) is 1.37. The topological polar surface area (TPSA) is 78.1 Å². The van der Waals surface area contributed by atoms with Gasteiger partial charge in [0.15, 0.2) is 5.82 Å². The van der Waals surface area contributed by atoms with Crippen LogP contribution in [0.3, 0.4) is 0 Å². The number of aromatic nitrogens is 2. The van der Waals surface area contributed by atoms with E-state index in [1.807, 2.05) is 24.3 Å². The fraction of sp³-hybridized carbons (Fsp3) is 0.250. The highest BCUT2D eigenvalue weighted by Gasteiger charge is 2.07. The van der Waals surface area contributed by atoms with Gasteiger partial charge in [0, 0.05) is 5.75 Å². The zero-order valence-corrected chi connectivity index (χ0v) is 10.7. The van der Waals surface area contributed by atoms with Gasteiger partial charge in [-0.15, -0.1) is 11.8 Å². The Morgan fingerprint density at radius 3 is 2.67 bits per heavy atom. The van der Waals surface area contributed by atoms with E-state index in [4.69, 9.17) is 5.73 Å². The molecule has 2 N–H and O–H groups in total. The molecule has 0 atom stereocenters. The smallest absolute Gasteiger partial charge is 0.306 e. The number of benzene rings is 1. The summed E-state index contributed by atoms with van der Waals surface area (Å²) in [6, 6.07) is 7.53. The number of carbonyl (C=O) groups is 1. The summed E-state index contributed by atoms with van der Waals surface area (Å²) in [6.45, 7) is 0. The summed E-state index contributed by atoms with van der Waals surface area (Å²) < 4.78 is 4.57. The molecule has 0 bridgehead atoms. The number of nitrogen functional groups attached to an aromatic ring is 1. The van der Waals surface area contributed by atoms with E-state index in [0.29, 0.717) is 23.0 Å². The van der Waals surface area contributed by atoms with E-state index in [9.17, 15) is 4.79 Å². The predicted octanol–water partition coefficient (Wildman–Crippen LogP) is 1.87. The van der Waals surface area contributed by atoms with E-state index in [-0.39, 0.29) is 5.97 Å². The lowest BCUT2D eigenvalue weighted by molar-refractivity contribution is -0.140. The first-order chi connectivity index (χ1) is 8.70. The number of ether oxygens (including phenoxy) is 1. The van der Waals surface area contributed by atoms with Crippen LogP contribution < -0.4 is 5.73 Å². The molecule has 0 amide bonds. The van der Waals surface area contributed by atoms with Gasteiger partial charge in [-0.25, -0.2) is 9.97 Å². The Morgan fingerprint density at radius 1 is 1.33 bits per heavy atom. The van der Waals surface area contributed by atoms with Crippen LogP contribution in [0.5, 0.6) is 0 Å². The van der Waals surface area contributed by atoms with Gasteiger partial charge in [0.2, 0.25) is 0 Å². The Kier molecular flexibility index (Phi) is 3.99. The Balaban J connectivity index is 2.13. The Hall–Kier alpha value is -1.82. The summed E-state index contributed by atoms with van der Waals surface area (Å²) in [5.74, 6) is 0.725. The lowest BCUT2D eigenvalue weighted by Gasteiger charge is -2.05. The van der Waals surface area contributed by atoms with Crippen LogP contribution in [0.1, 0.15) is 6.42 Å². The average molecular weight is 263 g/mol. The molecule has 0 unspecified atom stereocenters. The van der Waals surface area contributed by atoms with E-state index >= 15 is 0 Å². The molecule has 0 fully saturated rings. The van der Waals surface area contributed by atoms with Crippen molar-refractivity contribution in [1.29, 1.82) is 0 Å². The largest absolute Gasteiger partial charge is 0.469 e. The molecule has 94 valence electrons. The van der Waals surface area contributed by atoms with Gasteiger partial charge < -0.3 is 10.5 Å². The molecule has 2 rings (SSSR count). The molecule has 0 radical (unpaired) electrons. The van der Waals surface area contributed by atoms with Crippen LogP contribution in [0.25, 0.3) is 11.0 Å². The summed E-state index contributed by atoms with van der Waals surface area (Å²) in [6.07, 6.45) is 0.328. The number of methoxy groups -OCH3 is 1. The molecule has 1 heterocycles. The van der Waals surface area contributed by atoms with Crippen molar-refractivity contribution in [3.63, 3.8) is 0 Å². The molecule has 0 aliphatic heterocycles. The van der Waals surface area contributed by atoms with Gasteiger partial charge in [-0.05, 0) is 12.1 Å². The molecule has 5 nitrogen and oxygen atoms in total. The minimum atomic E-state index is -0.241. The number of anilines is 1. The first-order valence-electron chi connectivity index (χ1n) is 5.42. The molecular weight excluding hydrogens is 250 g/mol. The number of fused-ring (bicyclic) bond motifs is 1. The van der Waals surface area contributed by atoms with E-state index in [2.05, 4.69) is 14.7 Å². The Labute approximate surface area is 109 Å². The van der Waals surface area contributed by atoms with Crippen LogP contribution in [0.2, 0.25) is 0 Å². The lowest BCUT2D eigenvalue weighted by Crippen LogP contribution is -2.02. The summed E-state index contributed by atoms with van der Waals surface area (Å²) >= 11 is 1.41. The van der Waals surface area contributed by atoms with Crippen LogP contribution >= 0.6 is 11.8 Å². The van der Waals surface area contributed by atoms with Gasteiger partial charge in [0.25, 0.3) is 0 Å². The zero-order chi connectivity index (χ0) is 13.0. The highest BCUT2D eigenvalue weighted by Crippen LogP contribution is 2.24. The molecule has 6 heteroatoms. The van der Waals surface area contributed by atoms with Gasteiger partial charge in [-0.1, -0.05) is 12.1 Å². The van der Waals surface area contributed by atoms with Crippen LogP contribution in [0, 0.1) is 0 Å². The second kappa shape index (κ2) is 5.68. The fourth-order valence-corrected chi connectivity index (χ4v) is 2.26. The van der Waals surface area contributed by atoms with Crippen molar-refractivity contribution in [2.45, 2.75) is 11.4 Å². The monoisotopic (exact) mass is 263 g/mol. The van der Waals surface area contributed by atoms with E-state index in [1.165, 1.54) is 18.9 Å². The third-order valence-electron chi connectivity index (χ3n) is 2.34. The van der Waals surface area contributed by atoms with Crippen LogP contribution in [-0.4, -0.2) is 28.8 Å². The first kappa shape index (κ1) is 12.6. The number of hydrogen-bond donors (Lipinski definition) is 1. The van der Waals surface area contributed by atoms with Gasteiger partial charge in [-0.2, -0.15) is 0 Å². The van der Waals surface area contributed by atoms with Crippen molar-refractivity contribution in [1.82, 2.24) is 9.97 Å². The van der Waals surface area contributed by atoms with Crippen LogP contribution in [-0.2, 0) is 9.53 Å². The third kappa shape index (κ3) is 2.89. The minimum absolute atomic E-state index is 0.241. The molecule has 0 saturated carbocycles. The summed E-state index contributed by atoms with van der Waals surface area (Å²) in [5, 5.41) is 0.651. The van der Waals surface area contributed by atoms with E-state index in [1.54, 1.807) is 0 Å². The maximum absolute atomic E-state index is 11.0. The molecule has 0 aliphatic rings. The standard InChI is InChI=1S/C12H13N3O2S/c1-17-10(16)6-7-18-12-11(13)14-8-4-2-3-5-9(8)15-12/h2-5H,6-7H2,1H3,(H2,13,14). The van der Waals surface area contributed by atoms with Gasteiger partial charge >= 0.3 is 5.97 Å². The number of esters is 1. The minimum Gasteiger partial charge on any atom is -0.469 e. The van der Waals surface area contributed by atoms with Crippen LogP contribution in [0.15, 0.2) is 29.3 Å². The highest BCUT2D eigenvalue weighted by atomic mass is 32.2. The molecular formula is C12H13N3O2S. The van der Waals surface area contributed by atoms with Gasteiger partial charge in [0.1, 0.15) is 5.03 Å². The second-order valence-electron chi connectivity index (χ2n) is 3.58. The van der Waals surface area contributed by atoms with Crippen molar-refractivity contribution in [2.75, 3.05) is 18.6 Å². The van der Waals surface area contributed by atoms with Gasteiger partial charge in [-0.3, -0.25) is 4.79 Å². The fourth-order valence-electron chi connectivity index (χ4n) is 1.44. The number of hydrogen-bond acceptors (Lipinski definition) is 6. The molecule has 1 aromatic carbocycles. The maximum atomic E-state index is 11.0. The number of nitrogens with two attached hydrogens (primary N) is 1. The number of nitrogens with zero attached hydrogens (tertiary/aromatic N) is 2. The molecule has 2 aromatic rings. The normalized spacial score (nSPS) is 10.5. The zero-order valence-electron chi connectivity index (χ0n) is 9.92. The highest BCUT2D eigenvalue weighted by molar-refractivity contribution is 7.99. The van der Waals surface area contributed by atoms with Crippen molar-refractivity contribution in [3.05, 3.63) is 24.3 Å². The average Bonchev–Trinajstić information content (AvgIpc) is 2.39.